The number of carbonyl (C=O) groups is 2. The van der Waals surface area contributed by atoms with Crippen LogP contribution in [0.5, 0.6) is 0 Å². The number of rotatable bonds is 6. The Labute approximate surface area is 152 Å². The van der Waals surface area contributed by atoms with Crippen LogP contribution < -0.4 is 16.0 Å². The molecular weight excluding hydrogens is 334 g/mol. The van der Waals surface area contributed by atoms with Crippen LogP contribution in [0.25, 0.3) is 0 Å². The van der Waals surface area contributed by atoms with Crippen LogP contribution in [0.1, 0.15) is 29.3 Å². The zero-order valence-corrected chi connectivity index (χ0v) is 14.9. The van der Waals surface area contributed by atoms with Gasteiger partial charge in [0.1, 0.15) is 0 Å². The van der Waals surface area contributed by atoms with Crippen LogP contribution in [0.3, 0.4) is 0 Å². The summed E-state index contributed by atoms with van der Waals surface area (Å²) in [6.07, 6.45) is 1.09. The summed E-state index contributed by atoms with van der Waals surface area (Å²) in [5, 5.41) is 8.54. The fourth-order valence-corrected chi connectivity index (χ4v) is 2.44. The van der Waals surface area contributed by atoms with Gasteiger partial charge in [0, 0.05) is 13.0 Å². The minimum absolute atomic E-state index is 0.177. The lowest BCUT2D eigenvalue weighted by molar-refractivity contribution is -0.119. The molecule has 2 rings (SSSR count). The molecular formula is C19H21N3O2S. The lowest BCUT2D eigenvalue weighted by atomic mass is 10.1. The molecule has 6 heteroatoms. The Bertz CT molecular complexity index is 747. The monoisotopic (exact) mass is 355 g/mol. The standard InChI is InChI=1S/C19H21N3O2S/c1-2-17(23)22-19(25)21-16-11-7-6-10-15(16)18(24)20-13-12-14-8-4-3-5-9-14/h3-11H,2,12-13H2,1H3,(H,20,24)(H2,21,22,23,25). The second-order valence-electron chi connectivity index (χ2n) is 5.39. The number of thiocarbonyl (C=S) groups is 1. The van der Waals surface area contributed by atoms with Gasteiger partial charge in [0.05, 0.1) is 11.3 Å². The Balaban J connectivity index is 1.95. The average molecular weight is 355 g/mol. The van der Waals surface area contributed by atoms with Crippen molar-refractivity contribution in [2.75, 3.05) is 11.9 Å². The molecule has 2 aromatic carbocycles. The smallest absolute Gasteiger partial charge is 0.253 e. The van der Waals surface area contributed by atoms with Gasteiger partial charge in [0.15, 0.2) is 5.11 Å². The molecule has 0 unspecified atom stereocenters. The summed E-state index contributed by atoms with van der Waals surface area (Å²) in [6.45, 7) is 2.28. The van der Waals surface area contributed by atoms with E-state index in [-0.39, 0.29) is 16.9 Å². The zero-order chi connectivity index (χ0) is 18.1. The number of para-hydroxylation sites is 1. The number of hydrogen-bond acceptors (Lipinski definition) is 3. The maximum Gasteiger partial charge on any atom is 0.253 e. The number of carbonyl (C=O) groups excluding carboxylic acids is 2. The quantitative estimate of drug-likeness (QED) is 0.697. The summed E-state index contributed by atoms with van der Waals surface area (Å²) in [5.41, 5.74) is 2.20. The number of amides is 2. The van der Waals surface area contributed by atoms with Crippen molar-refractivity contribution in [3.63, 3.8) is 0 Å². The van der Waals surface area contributed by atoms with Gasteiger partial charge in [-0.2, -0.15) is 0 Å². The Morgan fingerprint density at radius 2 is 1.68 bits per heavy atom. The van der Waals surface area contributed by atoms with Crippen molar-refractivity contribution in [3.8, 4) is 0 Å². The normalized spacial score (nSPS) is 9.96. The third-order valence-corrected chi connectivity index (χ3v) is 3.74. The first-order valence-electron chi connectivity index (χ1n) is 8.12. The second-order valence-corrected chi connectivity index (χ2v) is 5.80. The van der Waals surface area contributed by atoms with Gasteiger partial charge >= 0.3 is 0 Å². The molecule has 2 aromatic rings. The van der Waals surface area contributed by atoms with Crippen molar-refractivity contribution in [1.29, 1.82) is 0 Å². The molecule has 0 heterocycles. The number of nitrogens with one attached hydrogen (secondary N) is 3. The lowest BCUT2D eigenvalue weighted by Gasteiger charge is -2.13. The van der Waals surface area contributed by atoms with Gasteiger partial charge in [-0.1, -0.05) is 49.4 Å². The third-order valence-electron chi connectivity index (χ3n) is 3.54. The number of hydrogen-bond donors (Lipinski definition) is 3. The van der Waals surface area contributed by atoms with Crippen LogP contribution in [0.2, 0.25) is 0 Å². The average Bonchev–Trinajstić information content (AvgIpc) is 2.62. The minimum atomic E-state index is -0.191. The zero-order valence-electron chi connectivity index (χ0n) is 14.0. The molecule has 3 N–H and O–H groups in total. The molecule has 0 aliphatic heterocycles. The summed E-state index contributed by atoms with van der Waals surface area (Å²) < 4.78 is 0. The van der Waals surface area contributed by atoms with Crippen LogP contribution >= 0.6 is 12.2 Å². The molecule has 130 valence electrons. The van der Waals surface area contributed by atoms with Gasteiger partial charge < -0.3 is 16.0 Å². The Morgan fingerprint density at radius 3 is 2.40 bits per heavy atom. The highest BCUT2D eigenvalue weighted by molar-refractivity contribution is 7.80. The van der Waals surface area contributed by atoms with Gasteiger partial charge in [-0.25, -0.2) is 0 Å². The topological polar surface area (TPSA) is 70.2 Å². The SMILES string of the molecule is CCC(=O)NC(=S)Nc1ccccc1C(=O)NCCc1ccccc1. The van der Waals surface area contributed by atoms with Crippen molar-refractivity contribution < 1.29 is 9.59 Å². The van der Waals surface area contributed by atoms with Crippen molar-refractivity contribution in [3.05, 3.63) is 65.7 Å². The summed E-state index contributed by atoms with van der Waals surface area (Å²) in [4.78, 5) is 23.8. The van der Waals surface area contributed by atoms with E-state index >= 15 is 0 Å². The van der Waals surface area contributed by atoms with E-state index in [1.54, 1.807) is 31.2 Å². The van der Waals surface area contributed by atoms with Gasteiger partial charge in [0.2, 0.25) is 5.91 Å². The number of anilines is 1. The van der Waals surface area contributed by atoms with Crippen molar-refractivity contribution >= 4 is 34.8 Å². The summed E-state index contributed by atoms with van der Waals surface area (Å²) in [7, 11) is 0. The fourth-order valence-electron chi connectivity index (χ4n) is 2.22. The Morgan fingerprint density at radius 1 is 1.00 bits per heavy atom. The summed E-state index contributed by atoms with van der Waals surface area (Å²) in [6, 6.07) is 17.0. The molecule has 0 fully saturated rings. The molecule has 0 radical (unpaired) electrons. The predicted molar refractivity (Wildman–Crippen MR) is 104 cm³/mol. The van der Waals surface area contributed by atoms with E-state index in [9.17, 15) is 9.59 Å². The minimum Gasteiger partial charge on any atom is -0.352 e. The third kappa shape index (κ3) is 6.00. The highest BCUT2D eigenvalue weighted by Gasteiger charge is 2.12. The van der Waals surface area contributed by atoms with E-state index in [0.717, 1.165) is 12.0 Å². The van der Waals surface area contributed by atoms with E-state index in [1.165, 1.54) is 0 Å². The molecule has 0 saturated heterocycles. The molecule has 0 spiro atoms. The molecule has 0 bridgehead atoms. The van der Waals surface area contributed by atoms with Gasteiger partial charge in [-0.15, -0.1) is 0 Å². The largest absolute Gasteiger partial charge is 0.352 e. The van der Waals surface area contributed by atoms with Crippen molar-refractivity contribution in [2.24, 2.45) is 0 Å². The molecule has 0 aromatic heterocycles. The van der Waals surface area contributed by atoms with Gasteiger partial charge in [-0.05, 0) is 36.3 Å². The van der Waals surface area contributed by atoms with E-state index in [1.807, 2.05) is 30.3 Å². The van der Waals surface area contributed by atoms with E-state index in [2.05, 4.69) is 16.0 Å². The van der Waals surface area contributed by atoms with Crippen LogP contribution in [0.4, 0.5) is 5.69 Å². The maximum absolute atomic E-state index is 12.4. The van der Waals surface area contributed by atoms with Crippen molar-refractivity contribution in [1.82, 2.24) is 10.6 Å². The highest BCUT2D eigenvalue weighted by atomic mass is 32.1. The van der Waals surface area contributed by atoms with Gasteiger partial charge in [0.25, 0.3) is 5.91 Å². The highest BCUT2D eigenvalue weighted by Crippen LogP contribution is 2.15. The molecule has 0 aliphatic rings. The van der Waals surface area contributed by atoms with E-state index in [4.69, 9.17) is 12.2 Å². The molecule has 0 aliphatic carbocycles. The summed E-state index contributed by atoms with van der Waals surface area (Å²) >= 11 is 5.10. The van der Waals surface area contributed by atoms with Crippen LogP contribution in [0.15, 0.2) is 54.6 Å². The van der Waals surface area contributed by atoms with Gasteiger partial charge in [-0.3, -0.25) is 9.59 Å². The molecule has 0 atom stereocenters. The molecule has 25 heavy (non-hydrogen) atoms. The van der Waals surface area contributed by atoms with Crippen LogP contribution in [-0.4, -0.2) is 23.5 Å². The lowest BCUT2D eigenvalue weighted by Crippen LogP contribution is -2.34. The molecule has 5 nitrogen and oxygen atoms in total. The first-order valence-corrected chi connectivity index (χ1v) is 8.53. The fraction of sp³-hybridized carbons (Fsp3) is 0.211. The maximum atomic E-state index is 12.4. The first kappa shape index (κ1) is 18.6. The Kier molecular flexibility index (Phi) is 7.10. The van der Waals surface area contributed by atoms with Crippen LogP contribution in [0, 0.1) is 0 Å². The van der Waals surface area contributed by atoms with E-state index < -0.39 is 0 Å². The number of benzene rings is 2. The predicted octanol–water partition coefficient (Wildman–Crippen LogP) is 2.88. The Hall–Kier alpha value is -2.73. The van der Waals surface area contributed by atoms with E-state index in [0.29, 0.717) is 24.2 Å². The first-order chi connectivity index (χ1) is 12.1. The van der Waals surface area contributed by atoms with Crippen molar-refractivity contribution in [2.45, 2.75) is 19.8 Å². The van der Waals surface area contributed by atoms with Crippen LogP contribution in [-0.2, 0) is 11.2 Å². The second kappa shape index (κ2) is 9.54. The summed E-state index contributed by atoms with van der Waals surface area (Å²) in [5.74, 6) is -0.369. The molecule has 2 amide bonds. The molecule has 0 saturated carbocycles.